The highest BCUT2D eigenvalue weighted by molar-refractivity contribution is 7.17. The van der Waals surface area contributed by atoms with Crippen molar-refractivity contribution in [1.29, 1.82) is 0 Å². The Labute approximate surface area is 126 Å². The number of amides is 1. The molecule has 6 heteroatoms. The summed E-state index contributed by atoms with van der Waals surface area (Å²) in [5.41, 5.74) is -0.361. The molecule has 108 valence electrons. The van der Waals surface area contributed by atoms with Gasteiger partial charge in [0.2, 0.25) is 5.06 Å². The zero-order chi connectivity index (χ0) is 14.3. The first-order valence-electron chi connectivity index (χ1n) is 6.91. The van der Waals surface area contributed by atoms with E-state index in [0.717, 1.165) is 18.6 Å². The van der Waals surface area contributed by atoms with Crippen molar-refractivity contribution in [2.45, 2.75) is 18.4 Å². The van der Waals surface area contributed by atoms with Crippen LogP contribution in [0.15, 0.2) is 36.5 Å². The van der Waals surface area contributed by atoms with Crippen molar-refractivity contribution < 1.29 is 14.3 Å². The molecule has 0 atom stereocenters. The smallest absolute Gasteiger partial charge is 0.256 e. The van der Waals surface area contributed by atoms with Crippen LogP contribution < -0.4 is 9.64 Å². The van der Waals surface area contributed by atoms with Gasteiger partial charge in [-0.25, -0.2) is 4.98 Å². The van der Waals surface area contributed by atoms with Crippen molar-refractivity contribution >= 4 is 22.4 Å². The second kappa shape index (κ2) is 4.82. The maximum Gasteiger partial charge on any atom is 0.256 e. The zero-order valence-corrected chi connectivity index (χ0v) is 12.1. The summed E-state index contributed by atoms with van der Waals surface area (Å²) < 4.78 is 11.1. The lowest BCUT2D eigenvalue weighted by atomic mass is 10.0. The number of hydrogen-bond donors (Lipinski definition) is 0. The number of carbonyl (C=O) groups excluding carboxylic acids is 1. The van der Waals surface area contributed by atoms with Gasteiger partial charge in [0.1, 0.15) is 11.3 Å². The van der Waals surface area contributed by atoms with Crippen LogP contribution in [0.5, 0.6) is 10.8 Å². The van der Waals surface area contributed by atoms with E-state index in [0.29, 0.717) is 23.4 Å². The van der Waals surface area contributed by atoms with Gasteiger partial charge in [-0.2, -0.15) is 0 Å². The number of nitrogens with zero attached hydrogens (tertiary/aromatic N) is 2. The third-order valence-electron chi connectivity index (χ3n) is 3.92. The normalized spacial score (nSPS) is 19.8. The standard InChI is InChI=1S/C15H14N2O3S/c18-13-15(6-8-19-9-7-15)17(13)14-16-10-12(21-14)20-11-4-2-1-3-5-11/h1-5,10H,6-9H2. The summed E-state index contributed by atoms with van der Waals surface area (Å²) in [7, 11) is 0. The molecule has 1 spiro atoms. The summed E-state index contributed by atoms with van der Waals surface area (Å²) >= 11 is 1.40. The molecule has 2 aromatic rings. The summed E-state index contributed by atoms with van der Waals surface area (Å²) in [4.78, 5) is 18.3. The van der Waals surface area contributed by atoms with Crippen LogP contribution in [0.4, 0.5) is 5.13 Å². The van der Waals surface area contributed by atoms with Crippen LogP contribution in [0.2, 0.25) is 0 Å². The second-order valence-corrected chi connectivity index (χ2v) is 6.13. The monoisotopic (exact) mass is 302 g/mol. The molecule has 1 aromatic heterocycles. The Kier molecular flexibility index (Phi) is 2.94. The van der Waals surface area contributed by atoms with E-state index >= 15 is 0 Å². The van der Waals surface area contributed by atoms with Gasteiger partial charge in [-0.3, -0.25) is 9.69 Å². The Morgan fingerprint density at radius 1 is 1.24 bits per heavy atom. The quantitative estimate of drug-likeness (QED) is 0.818. The number of rotatable bonds is 3. The Balaban J connectivity index is 1.52. The molecule has 5 nitrogen and oxygen atoms in total. The molecule has 0 N–H and O–H groups in total. The molecule has 1 aromatic carbocycles. The fraction of sp³-hybridized carbons (Fsp3) is 0.333. The molecule has 2 saturated heterocycles. The minimum atomic E-state index is -0.361. The first-order chi connectivity index (χ1) is 10.3. The molecule has 0 aliphatic carbocycles. The molecule has 0 bridgehead atoms. The number of carbonyl (C=O) groups is 1. The summed E-state index contributed by atoms with van der Waals surface area (Å²) in [6, 6.07) is 9.56. The highest BCUT2D eigenvalue weighted by Gasteiger charge is 2.64. The topological polar surface area (TPSA) is 51.4 Å². The molecule has 0 radical (unpaired) electrons. The SMILES string of the molecule is O=C1N(c2ncc(Oc3ccccc3)s2)C12CCOCC2. The van der Waals surface area contributed by atoms with E-state index in [1.54, 1.807) is 11.1 Å². The average Bonchev–Trinajstić information content (AvgIpc) is 2.87. The molecular weight excluding hydrogens is 288 g/mol. The molecule has 2 fully saturated rings. The molecule has 4 rings (SSSR count). The van der Waals surface area contributed by atoms with Crippen molar-refractivity contribution in [2.24, 2.45) is 0 Å². The molecule has 3 heterocycles. The lowest BCUT2D eigenvalue weighted by Crippen LogP contribution is -2.28. The maximum atomic E-state index is 12.2. The van der Waals surface area contributed by atoms with Crippen LogP contribution in [-0.2, 0) is 9.53 Å². The molecular formula is C15H14N2O3S. The number of benzene rings is 1. The number of anilines is 1. The van der Waals surface area contributed by atoms with Crippen LogP contribution in [0.25, 0.3) is 0 Å². The number of thiazole rings is 1. The van der Waals surface area contributed by atoms with E-state index in [1.165, 1.54) is 11.3 Å². The first kappa shape index (κ1) is 12.8. The fourth-order valence-corrected chi connectivity index (χ4v) is 3.59. The molecule has 0 unspecified atom stereocenters. The third-order valence-corrected chi connectivity index (χ3v) is 4.78. The van der Waals surface area contributed by atoms with Crippen LogP contribution >= 0.6 is 11.3 Å². The minimum Gasteiger partial charge on any atom is -0.445 e. The summed E-state index contributed by atoms with van der Waals surface area (Å²) in [6.07, 6.45) is 3.17. The van der Waals surface area contributed by atoms with Crippen LogP contribution in [0, 0.1) is 0 Å². The summed E-state index contributed by atoms with van der Waals surface area (Å²) in [5.74, 6) is 0.928. The van der Waals surface area contributed by atoms with Crippen LogP contribution in [0.3, 0.4) is 0 Å². The third kappa shape index (κ3) is 2.11. The highest BCUT2D eigenvalue weighted by Crippen LogP contribution is 2.48. The first-order valence-corrected chi connectivity index (χ1v) is 7.72. The molecule has 1 amide bonds. The van der Waals surface area contributed by atoms with E-state index in [4.69, 9.17) is 9.47 Å². The summed E-state index contributed by atoms with van der Waals surface area (Å²) in [6.45, 7) is 1.28. The van der Waals surface area contributed by atoms with Gasteiger partial charge >= 0.3 is 0 Å². The molecule has 21 heavy (non-hydrogen) atoms. The summed E-state index contributed by atoms with van der Waals surface area (Å²) in [5, 5.41) is 1.41. The van der Waals surface area contributed by atoms with E-state index in [1.807, 2.05) is 30.3 Å². The van der Waals surface area contributed by atoms with Gasteiger partial charge in [-0.15, -0.1) is 0 Å². The Morgan fingerprint density at radius 3 is 2.76 bits per heavy atom. The van der Waals surface area contributed by atoms with Crippen molar-refractivity contribution in [2.75, 3.05) is 18.1 Å². The number of aromatic nitrogens is 1. The van der Waals surface area contributed by atoms with E-state index in [9.17, 15) is 4.79 Å². The van der Waals surface area contributed by atoms with Crippen molar-refractivity contribution in [3.8, 4) is 10.8 Å². The van der Waals surface area contributed by atoms with Crippen molar-refractivity contribution in [3.05, 3.63) is 36.5 Å². The maximum absolute atomic E-state index is 12.2. The lowest BCUT2D eigenvalue weighted by molar-refractivity contribution is -0.112. The van der Waals surface area contributed by atoms with Gasteiger partial charge in [0.05, 0.1) is 6.20 Å². The Hall–Kier alpha value is -1.92. The molecule has 2 aliphatic heterocycles. The van der Waals surface area contributed by atoms with Gasteiger partial charge in [0, 0.05) is 26.1 Å². The zero-order valence-electron chi connectivity index (χ0n) is 11.3. The minimum absolute atomic E-state index is 0.159. The van der Waals surface area contributed by atoms with Gasteiger partial charge in [-0.05, 0) is 12.1 Å². The predicted molar refractivity (Wildman–Crippen MR) is 78.9 cm³/mol. The fourth-order valence-electron chi connectivity index (χ4n) is 2.72. The van der Waals surface area contributed by atoms with Crippen molar-refractivity contribution in [3.63, 3.8) is 0 Å². The van der Waals surface area contributed by atoms with Gasteiger partial charge in [0.25, 0.3) is 5.91 Å². The average molecular weight is 302 g/mol. The van der Waals surface area contributed by atoms with Gasteiger partial charge in [-0.1, -0.05) is 29.5 Å². The highest BCUT2D eigenvalue weighted by atomic mass is 32.1. The second-order valence-electron chi connectivity index (χ2n) is 5.16. The largest absolute Gasteiger partial charge is 0.445 e. The predicted octanol–water partition coefficient (Wildman–Crippen LogP) is 2.83. The van der Waals surface area contributed by atoms with Crippen molar-refractivity contribution in [1.82, 2.24) is 4.98 Å². The van der Waals surface area contributed by atoms with E-state index in [2.05, 4.69) is 4.98 Å². The van der Waals surface area contributed by atoms with Gasteiger partial charge < -0.3 is 9.47 Å². The molecule has 0 saturated carbocycles. The van der Waals surface area contributed by atoms with E-state index in [-0.39, 0.29) is 11.4 Å². The van der Waals surface area contributed by atoms with Gasteiger partial charge in [0.15, 0.2) is 5.13 Å². The number of hydrogen-bond acceptors (Lipinski definition) is 5. The lowest BCUT2D eigenvalue weighted by Gasteiger charge is -2.19. The van der Waals surface area contributed by atoms with Crippen LogP contribution in [-0.4, -0.2) is 29.6 Å². The van der Waals surface area contributed by atoms with Crippen LogP contribution in [0.1, 0.15) is 12.8 Å². The number of ether oxygens (including phenoxy) is 2. The van der Waals surface area contributed by atoms with E-state index < -0.39 is 0 Å². The number of para-hydroxylation sites is 1. The molecule has 2 aliphatic rings. The Bertz CT molecular complexity index is 665. The Morgan fingerprint density at radius 2 is 2.00 bits per heavy atom.